The van der Waals surface area contributed by atoms with Gasteiger partial charge in [0.15, 0.2) is 6.29 Å². The molecule has 1 heterocycles. The van der Waals surface area contributed by atoms with E-state index in [4.69, 9.17) is 11.6 Å². The van der Waals surface area contributed by atoms with Gasteiger partial charge in [0.2, 0.25) is 11.8 Å². The van der Waals surface area contributed by atoms with Gasteiger partial charge in [-0.25, -0.2) is 0 Å². The van der Waals surface area contributed by atoms with E-state index in [9.17, 15) is 18.0 Å². The molecule has 0 spiro atoms. The number of nitrogens with zero attached hydrogens (tertiary/aromatic N) is 1. The molecule has 0 amide bonds. The Hall–Kier alpha value is -1.50. The number of ether oxygens (including phenoxy) is 2. The van der Waals surface area contributed by atoms with Crippen molar-refractivity contribution in [1.29, 1.82) is 0 Å². The third-order valence-corrected chi connectivity index (χ3v) is 2.02. The Labute approximate surface area is 99.3 Å². The lowest BCUT2D eigenvalue weighted by Gasteiger charge is -2.13. The molecule has 0 aromatic carbocycles. The first-order valence-corrected chi connectivity index (χ1v) is 4.79. The molecule has 0 radical (unpaired) electrons. The van der Waals surface area contributed by atoms with Gasteiger partial charge in [-0.05, 0) is 6.07 Å². The first kappa shape index (κ1) is 13.6. The minimum atomic E-state index is -4.89. The molecule has 1 aromatic rings. The fourth-order valence-electron chi connectivity index (χ4n) is 1.08. The number of aromatic nitrogens is 1. The Bertz CT molecular complexity index is 423. The Morgan fingerprint density at radius 2 is 2.12 bits per heavy atom. The molecule has 8 heteroatoms. The van der Waals surface area contributed by atoms with Crippen LogP contribution in [0.3, 0.4) is 0 Å². The number of halogens is 4. The summed E-state index contributed by atoms with van der Waals surface area (Å²) in [6.07, 6.45) is -4.49. The van der Waals surface area contributed by atoms with E-state index in [1.807, 2.05) is 0 Å². The molecule has 4 nitrogen and oxygen atoms in total. The van der Waals surface area contributed by atoms with Crippen molar-refractivity contribution in [3.05, 3.63) is 17.2 Å². The highest BCUT2D eigenvalue weighted by Gasteiger charge is 2.33. The molecule has 0 aliphatic rings. The van der Waals surface area contributed by atoms with Crippen molar-refractivity contribution >= 4 is 17.9 Å². The van der Waals surface area contributed by atoms with Crippen molar-refractivity contribution < 1.29 is 27.4 Å². The standard InChI is InChI=1S/C9H7ClF3NO3/c1-16-7-6(4-15)2-5(3-10)8(14-7)17-9(11,12)13/h2,4H,3H2,1H3. The fraction of sp³-hybridized carbons (Fsp3) is 0.333. The largest absolute Gasteiger partial charge is 0.574 e. The number of rotatable bonds is 4. The van der Waals surface area contributed by atoms with Gasteiger partial charge in [0, 0.05) is 5.56 Å². The molecule has 0 bridgehead atoms. The maximum Gasteiger partial charge on any atom is 0.574 e. The number of aldehydes is 1. The zero-order valence-corrected chi connectivity index (χ0v) is 9.30. The Morgan fingerprint density at radius 1 is 1.47 bits per heavy atom. The fourth-order valence-corrected chi connectivity index (χ4v) is 1.27. The lowest BCUT2D eigenvalue weighted by molar-refractivity contribution is -0.276. The van der Waals surface area contributed by atoms with Gasteiger partial charge in [-0.15, -0.1) is 24.8 Å². The molecule has 17 heavy (non-hydrogen) atoms. The van der Waals surface area contributed by atoms with Crippen molar-refractivity contribution in [3.8, 4) is 11.8 Å². The van der Waals surface area contributed by atoms with Gasteiger partial charge in [-0.1, -0.05) is 0 Å². The van der Waals surface area contributed by atoms with E-state index in [-0.39, 0.29) is 22.9 Å². The molecule has 0 aliphatic carbocycles. The SMILES string of the molecule is COc1nc(OC(F)(F)F)c(CCl)cc1C=O. The Balaban J connectivity index is 3.23. The maximum atomic E-state index is 12.1. The van der Waals surface area contributed by atoms with Gasteiger partial charge >= 0.3 is 6.36 Å². The predicted molar refractivity (Wildman–Crippen MR) is 52.4 cm³/mol. The monoisotopic (exact) mass is 269 g/mol. The first-order chi connectivity index (χ1) is 7.91. The number of methoxy groups -OCH3 is 1. The Kier molecular flexibility index (Phi) is 4.17. The van der Waals surface area contributed by atoms with Crippen molar-refractivity contribution in [2.75, 3.05) is 7.11 Å². The van der Waals surface area contributed by atoms with Gasteiger partial charge in [0.25, 0.3) is 0 Å². The van der Waals surface area contributed by atoms with Crippen molar-refractivity contribution in [3.63, 3.8) is 0 Å². The van der Waals surface area contributed by atoms with Crippen molar-refractivity contribution in [2.45, 2.75) is 12.2 Å². The number of carbonyl (C=O) groups is 1. The summed E-state index contributed by atoms with van der Waals surface area (Å²) in [5.41, 5.74) is -0.0513. The number of pyridine rings is 1. The topological polar surface area (TPSA) is 48.4 Å². The molecule has 0 N–H and O–H groups in total. The van der Waals surface area contributed by atoms with E-state index in [2.05, 4.69) is 14.5 Å². The lowest BCUT2D eigenvalue weighted by atomic mass is 10.2. The normalized spacial score (nSPS) is 11.1. The van der Waals surface area contributed by atoms with Crippen LogP contribution in [-0.4, -0.2) is 24.7 Å². The quantitative estimate of drug-likeness (QED) is 0.622. The summed E-state index contributed by atoms with van der Waals surface area (Å²) >= 11 is 5.44. The van der Waals surface area contributed by atoms with Crippen LogP contribution in [0.15, 0.2) is 6.07 Å². The summed E-state index contributed by atoms with van der Waals surface area (Å²) in [6, 6.07) is 1.13. The summed E-state index contributed by atoms with van der Waals surface area (Å²) in [5, 5.41) is 0. The molecular formula is C9H7ClF3NO3. The van der Waals surface area contributed by atoms with Crippen LogP contribution >= 0.6 is 11.6 Å². The van der Waals surface area contributed by atoms with Crippen molar-refractivity contribution in [2.24, 2.45) is 0 Å². The van der Waals surface area contributed by atoms with Crippen LogP contribution in [0, 0.1) is 0 Å². The molecule has 1 aromatic heterocycles. The number of carbonyl (C=O) groups excluding carboxylic acids is 1. The molecule has 0 saturated carbocycles. The highest BCUT2D eigenvalue weighted by molar-refractivity contribution is 6.17. The molecule has 0 unspecified atom stereocenters. The van der Waals surface area contributed by atoms with Crippen molar-refractivity contribution in [1.82, 2.24) is 4.98 Å². The summed E-state index contributed by atoms with van der Waals surface area (Å²) in [6.45, 7) is 0. The zero-order chi connectivity index (χ0) is 13.1. The predicted octanol–water partition coefficient (Wildman–Crippen LogP) is 2.54. The highest BCUT2D eigenvalue weighted by Crippen LogP contribution is 2.29. The van der Waals surface area contributed by atoms with E-state index in [1.165, 1.54) is 7.11 Å². The zero-order valence-electron chi connectivity index (χ0n) is 8.55. The lowest BCUT2D eigenvalue weighted by Crippen LogP contribution is -2.19. The first-order valence-electron chi connectivity index (χ1n) is 4.26. The molecular weight excluding hydrogens is 263 g/mol. The molecule has 0 aliphatic heterocycles. The highest BCUT2D eigenvalue weighted by atomic mass is 35.5. The third kappa shape index (κ3) is 3.48. The van der Waals surface area contributed by atoms with Crippen LogP contribution in [0.4, 0.5) is 13.2 Å². The molecule has 0 fully saturated rings. The van der Waals surface area contributed by atoms with E-state index in [0.29, 0.717) is 6.29 Å². The maximum absolute atomic E-state index is 12.1. The average Bonchev–Trinajstić information content (AvgIpc) is 2.26. The second kappa shape index (κ2) is 5.22. The third-order valence-electron chi connectivity index (χ3n) is 1.73. The van der Waals surface area contributed by atoms with Crippen LogP contribution in [0.1, 0.15) is 15.9 Å². The minimum Gasteiger partial charge on any atom is -0.480 e. The van der Waals surface area contributed by atoms with E-state index in [0.717, 1.165) is 6.07 Å². The van der Waals surface area contributed by atoms with Crippen LogP contribution in [-0.2, 0) is 5.88 Å². The average molecular weight is 270 g/mol. The van der Waals surface area contributed by atoms with Gasteiger partial charge in [0.05, 0.1) is 18.6 Å². The smallest absolute Gasteiger partial charge is 0.480 e. The summed E-state index contributed by atoms with van der Waals surface area (Å²) in [5.74, 6) is -1.26. The number of hydrogen-bond donors (Lipinski definition) is 0. The number of hydrogen-bond acceptors (Lipinski definition) is 4. The van der Waals surface area contributed by atoms with Gasteiger partial charge in [0.1, 0.15) is 0 Å². The van der Waals surface area contributed by atoms with Crippen LogP contribution in [0.25, 0.3) is 0 Å². The Morgan fingerprint density at radius 3 is 2.53 bits per heavy atom. The van der Waals surface area contributed by atoms with Gasteiger partial charge < -0.3 is 9.47 Å². The summed E-state index contributed by atoms with van der Waals surface area (Å²) in [7, 11) is 1.17. The molecule has 1 rings (SSSR count). The second-order valence-electron chi connectivity index (χ2n) is 2.85. The van der Waals surface area contributed by atoms with Crippen LogP contribution < -0.4 is 9.47 Å². The van der Waals surface area contributed by atoms with E-state index in [1.54, 1.807) is 0 Å². The van der Waals surface area contributed by atoms with Gasteiger partial charge in [-0.3, -0.25) is 4.79 Å². The van der Waals surface area contributed by atoms with Crippen LogP contribution in [0.5, 0.6) is 11.8 Å². The van der Waals surface area contributed by atoms with Crippen LogP contribution in [0.2, 0.25) is 0 Å². The molecule has 94 valence electrons. The summed E-state index contributed by atoms with van der Waals surface area (Å²) in [4.78, 5) is 14.1. The van der Waals surface area contributed by atoms with Gasteiger partial charge in [-0.2, -0.15) is 4.98 Å². The van der Waals surface area contributed by atoms with E-state index < -0.39 is 12.2 Å². The van der Waals surface area contributed by atoms with E-state index >= 15 is 0 Å². The minimum absolute atomic E-state index is 0.00215. The second-order valence-corrected chi connectivity index (χ2v) is 3.12. The number of alkyl halides is 4. The molecule has 0 saturated heterocycles. The molecule has 0 atom stereocenters. The summed E-state index contributed by atoms with van der Waals surface area (Å²) < 4.78 is 44.5.